The molecule has 0 fully saturated rings. The summed E-state index contributed by atoms with van der Waals surface area (Å²) in [7, 11) is -10.3. The van der Waals surface area contributed by atoms with Gasteiger partial charge >= 0.3 is 14.8 Å². The molecule has 214 valence electrons. The zero-order valence-corrected chi connectivity index (χ0v) is 32.1. The third-order valence-corrected chi connectivity index (χ3v) is 23.3. The van der Waals surface area contributed by atoms with E-state index in [2.05, 4.69) is 78.6 Å². The number of hydrogen-bond acceptors (Lipinski definition) is 6. The maximum atomic E-state index is 11.4. The topological polar surface area (TPSA) is 63.2 Å². The summed E-state index contributed by atoms with van der Waals surface area (Å²) in [6, 6.07) is 3.19. The maximum absolute atomic E-state index is 11.4. The zero-order valence-electron chi connectivity index (χ0n) is 25.7. The largest absolute Gasteiger partial charge is 0.469 e. The first-order valence-electron chi connectivity index (χ1n) is 13.7. The summed E-state index contributed by atoms with van der Waals surface area (Å²) in [6.07, 6.45) is 5.61. The highest BCUT2D eigenvalue weighted by Crippen LogP contribution is 2.31. The van der Waals surface area contributed by atoms with Gasteiger partial charge in [0.1, 0.15) is 9.76 Å². The van der Waals surface area contributed by atoms with Crippen LogP contribution < -0.4 is 0 Å². The monoisotopic (exact) mass is 610 g/mol. The highest BCUT2D eigenvalue weighted by molar-refractivity contribution is 6.90. The lowest BCUT2D eigenvalue weighted by Crippen LogP contribution is -2.60. The second kappa shape index (κ2) is 15.8. The van der Waals surface area contributed by atoms with Crippen molar-refractivity contribution < 1.29 is 26.0 Å². The Labute approximate surface area is 231 Å². The smallest absolute Gasteiger partial charge is 0.462 e. The Kier molecular flexibility index (Phi) is 16.0. The molecule has 0 heterocycles. The standard InChI is InChI=1S/C24H58O6Si6/c1-23(2)24(25)26-19-18-20-31-27-35(12,13)21-16-14-15-17-22-36(28-32(3,4)5,29-33(6,7)8)30-34(9,10)11/h1,14-22,31H2,2-13H3. The minimum atomic E-state index is -2.70. The van der Waals surface area contributed by atoms with Crippen LogP contribution in [0, 0.1) is 0 Å². The molecule has 0 spiro atoms. The molecule has 0 unspecified atom stereocenters. The summed E-state index contributed by atoms with van der Waals surface area (Å²) < 4.78 is 31.9. The molecule has 0 saturated heterocycles. The molecule has 36 heavy (non-hydrogen) atoms. The van der Waals surface area contributed by atoms with Crippen molar-refractivity contribution in [1.82, 2.24) is 0 Å². The molecule has 0 saturated carbocycles. The molecule has 6 nitrogen and oxygen atoms in total. The van der Waals surface area contributed by atoms with Crippen molar-refractivity contribution in [2.45, 2.75) is 129 Å². The molecular weight excluding hydrogens is 553 g/mol. The quantitative estimate of drug-likeness (QED) is 0.0625. The summed E-state index contributed by atoms with van der Waals surface area (Å²) in [5, 5.41) is 0. The van der Waals surface area contributed by atoms with Crippen molar-refractivity contribution in [3.8, 4) is 0 Å². The summed E-state index contributed by atoms with van der Waals surface area (Å²) in [6.45, 7) is 30.7. The van der Waals surface area contributed by atoms with E-state index < -0.39 is 51.8 Å². The van der Waals surface area contributed by atoms with Crippen LogP contribution in [0.1, 0.15) is 39.0 Å². The molecule has 0 aliphatic rings. The molecule has 0 bridgehead atoms. The Morgan fingerprint density at radius 2 is 1.14 bits per heavy atom. The summed E-state index contributed by atoms with van der Waals surface area (Å²) in [5.74, 6) is -0.293. The van der Waals surface area contributed by atoms with Gasteiger partial charge in [-0.15, -0.1) is 0 Å². The predicted octanol–water partition coefficient (Wildman–Crippen LogP) is 7.27. The van der Waals surface area contributed by atoms with Gasteiger partial charge in [0.2, 0.25) is 0 Å². The first-order valence-corrected chi connectivity index (χ1v) is 30.6. The zero-order chi connectivity index (χ0) is 28.3. The third-order valence-electron chi connectivity index (χ3n) is 5.01. The Hall–Kier alpha value is 0.351. The van der Waals surface area contributed by atoms with E-state index in [0.717, 1.165) is 24.9 Å². The van der Waals surface area contributed by atoms with E-state index in [4.69, 9.17) is 21.2 Å². The molecule has 0 aliphatic carbocycles. The summed E-state index contributed by atoms with van der Waals surface area (Å²) in [4.78, 5) is 11.4. The highest BCUT2D eigenvalue weighted by atomic mass is 28.5. The lowest BCUT2D eigenvalue weighted by Gasteiger charge is -2.43. The molecule has 0 aromatic carbocycles. The Bertz CT molecular complexity index is 627. The van der Waals surface area contributed by atoms with E-state index >= 15 is 0 Å². The summed E-state index contributed by atoms with van der Waals surface area (Å²) >= 11 is 0. The van der Waals surface area contributed by atoms with Crippen molar-refractivity contribution in [3.63, 3.8) is 0 Å². The van der Waals surface area contributed by atoms with E-state index in [1.807, 2.05) is 0 Å². The lowest BCUT2D eigenvalue weighted by atomic mass is 10.2. The minimum Gasteiger partial charge on any atom is -0.462 e. The average molecular weight is 611 g/mol. The molecule has 12 heteroatoms. The molecule has 0 atom stereocenters. The van der Waals surface area contributed by atoms with Gasteiger partial charge < -0.3 is 21.2 Å². The van der Waals surface area contributed by atoms with Crippen LogP contribution in [-0.4, -0.2) is 64.4 Å². The van der Waals surface area contributed by atoms with E-state index in [0.29, 0.717) is 12.2 Å². The second-order valence-corrected chi connectivity index (χ2v) is 36.8. The van der Waals surface area contributed by atoms with Crippen LogP contribution in [0.3, 0.4) is 0 Å². The second-order valence-electron chi connectivity index (χ2n) is 13.5. The van der Waals surface area contributed by atoms with Gasteiger partial charge in [0.15, 0.2) is 33.3 Å². The molecule has 0 rings (SSSR count). The lowest BCUT2D eigenvalue weighted by molar-refractivity contribution is -0.138. The van der Waals surface area contributed by atoms with Crippen molar-refractivity contribution in [3.05, 3.63) is 12.2 Å². The van der Waals surface area contributed by atoms with Crippen LogP contribution in [0.25, 0.3) is 0 Å². The molecule has 0 amide bonds. The number of carbonyl (C=O) groups excluding carboxylic acids is 1. The van der Waals surface area contributed by atoms with Gasteiger partial charge in [0.05, 0.1) is 6.61 Å². The van der Waals surface area contributed by atoms with Crippen LogP contribution >= 0.6 is 0 Å². The fourth-order valence-corrected chi connectivity index (χ4v) is 23.4. The van der Waals surface area contributed by atoms with E-state index in [1.165, 1.54) is 25.3 Å². The number of hydrogen-bond donors (Lipinski definition) is 0. The molecule has 0 aromatic heterocycles. The fraction of sp³-hybridized carbons (Fsp3) is 0.875. The van der Waals surface area contributed by atoms with Crippen LogP contribution in [-0.2, 0) is 26.0 Å². The number of unbranched alkanes of at least 4 members (excludes halogenated alkanes) is 3. The van der Waals surface area contributed by atoms with Gasteiger partial charge in [-0.3, -0.25) is 0 Å². The summed E-state index contributed by atoms with van der Waals surface area (Å²) in [5.41, 5.74) is 0.459. The van der Waals surface area contributed by atoms with Gasteiger partial charge in [0.25, 0.3) is 0 Å². The van der Waals surface area contributed by atoms with E-state index in [-0.39, 0.29) is 5.97 Å². The molecule has 0 radical (unpaired) electrons. The van der Waals surface area contributed by atoms with Crippen LogP contribution in [0.5, 0.6) is 0 Å². The molecule has 0 N–H and O–H groups in total. The Balaban J connectivity index is 4.57. The Morgan fingerprint density at radius 1 is 0.694 bits per heavy atom. The van der Waals surface area contributed by atoms with Crippen molar-refractivity contribution in [1.29, 1.82) is 0 Å². The van der Waals surface area contributed by atoms with Crippen molar-refractivity contribution in [2.24, 2.45) is 0 Å². The SMILES string of the molecule is C=C(C)C(=O)OCCC[SiH2]O[Si](C)(C)CCCCCC[Si](O[Si](C)(C)C)(O[Si](C)(C)C)O[Si](C)(C)C. The van der Waals surface area contributed by atoms with E-state index in [9.17, 15) is 4.79 Å². The van der Waals surface area contributed by atoms with Gasteiger partial charge in [-0.1, -0.05) is 25.8 Å². The van der Waals surface area contributed by atoms with Crippen LogP contribution in [0.15, 0.2) is 12.2 Å². The number of ether oxygens (including phenoxy) is 1. The predicted molar refractivity (Wildman–Crippen MR) is 169 cm³/mol. The first-order chi connectivity index (χ1) is 16.2. The minimum absolute atomic E-state index is 0.293. The number of rotatable bonds is 20. The van der Waals surface area contributed by atoms with Crippen molar-refractivity contribution >= 4 is 57.8 Å². The molecule has 0 aromatic rings. The first kappa shape index (κ1) is 36.4. The van der Waals surface area contributed by atoms with Gasteiger partial charge in [-0.2, -0.15) is 0 Å². The molecular formula is C24H58O6Si6. The van der Waals surface area contributed by atoms with Crippen LogP contribution in [0.2, 0.25) is 90.1 Å². The Morgan fingerprint density at radius 3 is 1.56 bits per heavy atom. The van der Waals surface area contributed by atoms with Crippen molar-refractivity contribution in [2.75, 3.05) is 6.61 Å². The van der Waals surface area contributed by atoms with E-state index in [1.54, 1.807) is 6.92 Å². The number of esters is 1. The normalized spacial score (nSPS) is 14.0. The fourth-order valence-electron chi connectivity index (χ4n) is 3.77. The van der Waals surface area contributed by atoms with Gasteiger partial charge in [-0.05, 0) is 104 Å². The van der Waals surface area contributed by atoms with Crippen LogP contribution in [0.4, 0.5) is 0 Å². The maximum Gasteiger partial charge on any atom is 0.469 e. The van der Waals surface area contributed by atoms with Gasteiger partial charge in [0, 0.05) is 11.6 Å². The third kappa shape index (κ3) is 20.3. The average Bonchev–Trinajstić information content (AvgIpc) is 2.62. The van der Waals surface area contributed by atoms with Gasteiger partial charge in [-0.25, -0.2) is 4.79 Å². The molecule has 0 aliphatic heterocycles. The number of carbonyl (C=O) groups is 1. The highest BCUT2D eigenvalue weighted by Gasteiger charge is 2.49.